The van der Waals surface area contributed by atoms with Gasteiger partial charge in [0.25, 0.3) is 5.91 Å². The van der Waals surface area contributed by atoms with Crippen molar-refractivity contribution in [2.45, 2.75) is 56.9 Å². The maximum atomic E-state index is 12.0. The first-order valence-electron chi connectivity index (χ1n) is 9.53. The molecule has 0 aromatic heterocycles. The molecule has 1 aromatic rings. The molecule has 2 rings (SSSR count). The number of nitrogens with one attached hydrogen (secondary N) is 3. The first-order valence-corrected chi connectivity index (χ1v) is 10.8. The largest absolute Gasteiger partial charge is 0.354 e. The van der Waals surface area contributed by atoms with Gasteiger partial charge in [-0.25, -0.2) is 0 Å². The van der Waals surface area contributed by atoms with Crippen molar-refractivity contribution in [2.75, 3.05) is 19.8 Å². The Bertz CT molecular complexity index is 594. The highest BCUT2D eigenvalue weighted by Crippen LogP contribution is 2.27. The van der Waals surface area contributed by atoms with Gasteiger partial charge in [-0.05, 0) is 49.6 Å². The number of hydrogen-bond acceptors (Lipinski definition) is 3. The summed E-state index contributed by atoms with van der Waals surface area (Å²) in [5.74, 6) is 0.846. The van der Waals surface area contributed by atoms with Crippen LogP contribution in [0.3, 0.4) is 0 Å². The Morgan fingerprint density at radius 3 is 2.56 bits per heavy atom. The molecule has 1 aliphatic rings. The number of amides is 1. The number of benzene rings is 1. The molecule has 152 valence electrons. The van der Waals surface area contributed by atoms with Crippen LogP contribution in [0.5, 0.6) is 0 Å². The number of nitrogens with zero attached hydrogens (tertiary/aromatic N) is 1. The smallest absolute Gasteiger partial charge is 0.251 e. The van der Waals surface area contributed by atoms with E-state index in [1.807, 2.05) is 36.0 Å². The van der Waals surface area contributed by atoms with Crippen LogP contribution >= 0.6 is 35.7 Å². The Morgan fingerprint density at radius 2 is 1.96 bits per heavy atom. The average molecular weight is 504 g/mol. The SMILES string of the molecule is CCCCNC(=O)c1ccc(CNC(=NC)NC2CCC(SC)C2)cc1.I. The van der Waals surface area contributed by atoms with Crippen LogP contribution in [0.25, 0.3) is 0 Å². The Kier molecular flexibility index (Phi) is 11.8. The van der Waals surface area contributed by atoms with Crippen LogP contribution in [0.1, 0.15) is 54.9 Å². The monoisotopic (exact) mass is 504 g/mol. The first kappa shape index (κ1) is 24.1. The molecule has 0 radical (unpaired) electrons. The normalized spacial score (nSPS) is 19.3. The standard InChI is InChI=1S/C20H32N4OS.HI/c1-4-5-12-22-19(25)16-8-6-15(7-9-16)14-23-20(21-2)24-17-10-11-18(13-17)26-3;/h6-9,17-18H,4-5,10-14H2,1-3H3,(H,22,25)(H2,21,23,24);1H. The molecule has 1 saturated carbocycles. The topological polar surface area (TPSA) is 65.5 Å². The van der Waals surface area contributed by atoms with Crippen molar-refractivity contribution < 1.29 is 4.79 Å². The van der Waals surface area contributed by atoms with E-state index in [9.17, 15) is 4.79 Å². The van der Waals surface area contributed by atoms with Crippen LogP contribution in [0, 0.1) is 0 Å². The van der Waals surface area contributed by atoms with Crippen molar-refractivity contribution in [1.29, 1.82) is 0 Å². The third-order valence-corrected chi connectivity index (χ3v) is 5.87. The van der Waals surface area contributed by atoms with E-state index >= 15 is 0 Å². The third-order valence-electron chi connectivity index (χ3n) is 4.77. The summed E-state index contributed by atoms with van der Waals surface area (Å²) in [7, 11) is 1.81. The van der Waals surface area contributed by atoms with Crippen molar-refractivity contribution in [3.8, 4) is 0 Å². The lowest BCUT2D eigenvalue weighted by atomic mass is 10.1. The van der Waals surface area contributed by atoms with E-state index in [2.05, 4.69) is 34.1 Å². The molecule has 1 amide bonds. The van der Waals surface area contributed by atoms with Gasteiger partial charge >= 0.3 is 0 Å². The van der Waals surface area contributed by atoms with Crippen molar-refractivity contribution in [2.24, 2.45) is 4.99 Å². The molecule has 1 aliphatic carbocycles. The van der Waals surface area contributed by atoms with E-state index in [0.29, 0.717) is 18.2 Å². The van der Waals surface area contributed by atoms with Crippen LogP contribution in [-0.2, 0) is 6.54 Å². The lowest BCUT2D eigenvalue weighted by Gasteiger charge is -2.17. The molecule has 0 spiro atoms. The van der Waals surface area contributed by atoms with Crippen LogP contribution < -0.4 is 16.0 Å². The number of halogens is 1. The second-order valence-electron chi connectivity index (χ2n) is 6.74. The van der Waals surface area contributed by atoms with Crippen LogP contribution in [-0.4, -0.2) is 43.0 Å². The van der Waals surface area contributed by atoms with Gasteiger partial charge in [0.1, 0.15) is 0 Å². The lowest BCUT2D eigenvalue weighted by molar-refractivity contribution is 0.0953. The van der Waals surface area contributed by atoms with Crippen molar-refractivity contribution in [1.82, 2.24) is 16.0 Å². The summed E-state index contributed by atoms with van der Waals surface area (Å²) in [5.41, 5.74) is 1.84. The summed E-state index contributed by atoms with van der Waals surface area (Å²) in [6.45, 7) is 3.54. The number of thioether (sulfide) groups is 1. The van der Waals surface area contributed by atoms with Gasteiger partial charge in [0, 0.05) is 37.0 Å². The molecule has 2 atom stereocenters. The second kappa shape index (κ2) is 13.3. The Balaban J connectivity index is 0.00000364. The van der Waals surface area contributed by atoms with E-state index in [0.717, 1.165) is 36.2 Å². The van der Waals surface area contributed by atoms with Gasteiger partial charge < -0.3 is 16.0 Å². The predicted molar refractivity (Wildman–Crippen MR) is 127 cm³/mol. The summed E-state index contributed by atoms with van der Waals surface area (Å²) in [4.78, 5) is 16.4. The molecule has 1 fully saturated rings. The third kappa shape index (κ3) is 8.29. The Labute approximate surface area is 185 Å². The first-order chi connectivity index (χ1) is 12.7. The van der Waals surface area contributed by atoms with Crippen LogP contribution in [0.4, 0.5) is 0 Å². The van der Waals surface area contributed by atoms with Gasteiger partial charge in [-0.15, -0.1) is 24.0 Å². The highest BCUT2D eigenvalue weighted by molar-refractivity contribution is 14.0. The summed E-state index contributed by atoms with van der Waals surface area (Å²) in [6.07, 6.45) is 7.96. The zero-order chi connectivity index (χ0) is 18.8. The van der Waals surface area contributed by atoms with E-state index in [1.54, 1.807) is 7.05 Å². The van der Waals surface area contributed by atoms with Gasteiger partial charge in [-0.3, -0.25) is 9.79 Å². The van der Waals surface area contributed by atoms with E-state index < -0.39 is 0 Å². The van der Waals surface area contributed by atoms with Gasteiger partial charge in [-0.2, -0.15) is 11.8 Å². The summed E-state index contributed by atoms with van der Waals surface area (Å²) in [5, 5.41) is 10.6. The quantitative estimate of drug-likeness (QED) is 0.218. The number of carbonyl (C=O) groups is 1. The summed E-state index contributed by atoms with van der Waals surface area (Å²) >= 11 is 1.96. The number of guanidine groups is 1. The molecule has 1 aromatic carbocycles. The fourth-order valence-electron chi connectivity index (χ4n) is 3.11. The van der Waals surface area contributed by atoms with Crippen molar-refractivity contribution in [3.05, 3.63) is 35.4 Å². The molecule has 2 unspecified atom stereocenters. The zero-order valence-electron chi connectivity index (χ0n) is 16.6. The molecular formula is C20H33IN4OS. The van der Waals surface area contributed by atoms with Gasteiger partial charge in [-0.1, -0.05) is 25.5 Å². The Hall–Kier alpha value is -0.960. The molecule has 27 heavy (non-hydrogen) atoms. The van der Waals surface area contributed by atoms with E-state index in [-0.39, 0.29) is 29.9 Å². The molecule has 0 bridgehead atoms. The second-order valence-corrected chi connectivity index (χ2v) is 7.88. The summed E-state index contributed by atoms with van der Waals surface area (Å²) in [6, 6.07) is 8.26. The van der Waals surface area contributed by atoms with Crippen LogP contribution in [0.2, 0.25) is 0 Å². The lowest BCUT2D eigenvalue weighted by Crippen LogP contribution is -2.42. The molecular weight excluding hydrogens is 471 g/mol. The molecule has 0 aliphatic heterocycles. The Morgan fingerprint density at radius 1 is 1.22 bits per heavy atom. The minimum absolute atomic E-state index is 0. The maximum absolute atomic E-state index is 12.0. The molecule has 0 saturated heterocycles. The molecule has 5 nitrogen and oxygen atoms in total. The van der Waals surface area contributed by atoms with Crippen molar-refractivity contribution in [3.63, 3.8) is 0 Å². The molecule has 3 N–H and O–H groups in total. The van der Waals surface area contributed by atoms with Crippen LogP contribution in [0.15, 0.2) is 29.3 Å². The van der Waals surface area contributed by atoms with Gasteiger partial charge in [0.15, 0.2) is 5.96 Å². The summed E-state index contributed by atoms with van der Waals surface area (Å²) < 4.78 is 0. The number of hydrogen-bond donors (Lipinski definition) is 3. The molecule has 7 heteroatoms. The van der Waals surface area contributed by atoms with Crippen molar-refractivity contribution >= 4 is 47.6 Å². The number of aliphatic imine (C=N–C) groups is 1. The zero-order valence-corrected chi connectivity index (χ0v) is 19.7. The fourth-order valence-corrected chi connectivity index (χ4v) is 3.91. The fraction of sp³-hybridized carbons (Fsp3) is 0.600. The van der Waals surface area contributed by atoms with Gasteiger partial charge in [0.05, 0.1) is 0 Å². The van der Waals surface area contributed by atoms with Gasteiger partial charge in [0.2, 0.25) is 0 Å². The predicted octanol–water partition coefficient (Wildman–Crippen LogP) is 3.78. The highest BCUT2D eigenvalue weighted by atomic mass is 127. The number of unbranched alkanes of at least 4 members (excludes halogenated alkanes) is 1. The number of carbonyl (C=O) groups excluding carboxylic acids is 1. The average Bonchev–Trinajstić information content (AvgIpc) is 3.13. The van der Waals surface area contributed by atoms with E-state index in [4.69, 9.17) is 0 Å². The maximum Gasteiger partial charge on any atom is 0.251 e. The van der Waals surface area contributed by atoms with E-state index in [1.165, 1.54) is 19.3 Å². The minimum atomic E-state index is 0. The highest BCUT2D eigenvalue weighted by Gasteiger charge is 2.24. The number of rotatable bonds is 8. The minimum Gasteiger partial charge on any atom is -0.354 e. The molecule has 0 heterocycles.